The maximum absolute atomic E-state index is 12.2. The number of nitrogens with one attached hydrogen (secondary N) is 2. The molecule has 3 rings (SSSR count). The van der Waals surface area contributed by atoms with Gasteiger partial charge in [-0.15, -0.1) is 5.10 Å². The van der Waals surface area contributed by atoms with Gasteiger partial charge in [0.05, 0.1) is 13.2 Å². The molecule has 1 aliphatic carbocycles. The van der Waals surface area contributed by atoms with Crippen LogP contribution < -0.4 is 15.7 Å². The first-order chi connectivity index (χ1) is 10.6. The van der Waals surface area contributed by atoms with Crippen LogP contribution in [0.4, 0.5) is 0 Å². The predicted molar refractivity (Wildman–Crippen MR) is 80.0 cm³/mol. The molecule has 0 radical (unpaired) electrons. The number of aromatic nitrogens is 3. The van der Waals surface area contributed by atoms with E-state index in [4.69, 9.17) is 4.74 Å². The molecule has 7 heteroatoms. The van der Waals surface area contributed by atoms with Crippen LogP contribution in [0, 0.1) is 0 Å². The van der Waals surface area contributed by atoms with Gasteiger partial charge in [0.2, 0.25) is 5.82 Å². The molecule has 1 amide bonds. The fraction of sp³-hybridized carbons (Fsp3) is 0.400. The Morgan fingerprint density at radius 1 is 1.50 bits per heavy atom. The quantitative estimate of drug-likeness (QED) is 0.882. The molecular weight excluding hydrogens is 284 g/mol. The number of hydrogen-bond donors (Lipinski definition) is 2. The van der Waals surface area contributed by atoms with Crippen molar-refractivity contribution in [1.29, 1.82) is 0 Å². The fourth-order valence-electron chi connectivity index (χ4n) is 2.80. The molecule has 116 valence electrons. The van der Waals surface area contributed by atoms with Gasteiger partial charge in [0, 0.05) is 7.05 Å². The first-order valence-corrected chi connectivity index (χ1v) is 7.19. The number of aromatic amines is 1. The minimum Gasteiger partial charge on any atom is -0.497 e. The molecule has 0 aliphatic heterocycles. The number of benzene rings is 1. The van der Waals surface area contributed by atoms with E-state index in [0.717, 1.165) is 35.3 Å². The molecule has 1 aromatic carbocycles. The third-order valence-corrected chi connectivity index (χ3v) is 3.95. The maximum atomic E-state index is 12.2. The van der Waals surface area contributed by atoms with Gasteiger partial charge in [-0.05, 0) is 42.5 Å². The van der Waals surface area contributed by atoms with E-state index in [1.807, 2.05) is 18.2 Å². The first kappa shape index (κ1) is 14.4. The fourth-order valence-corrected chi connectivity index (χ4v) is 2.80. The number of H-pyrrole nitrogens is 1. The Kier molecular flexibility index (Phi) is 3.70. The third kappa shape index (κ3) is 2.61. The molecule has 0 spiro atoms. The number of methoxy groups -OCH3 is 1. The smallest absolute Gasteiger partial charge is 0.343 e. The Balaban J connectivity index is 1.82. The average molecular weight is 302 g/mol. The van der Waals surface area contributed by atoms with Crippen LogP contribution in [0.15, 0.2) is 23.0 Å². The van der Waals surface area contributed by atoms with Crippen molar-refractivity contribution in [3.05, 3.63) is 45.6 Å². The molecular formula is C15H18N4O3. The summed E-state index contributed by atoms with van der Waals surface area (Å²) in [6.07, 6.45) is 2.82. The van der Waals surface area contributed by atoms with Crippen molar-refractivity contribution >= 4 is 5.91 Å². The van der Waals surface area contributed by atoms with Gasteiger partial charge in [-0.1, -0.05) is 6.07 Å². The van der Waals surface area contributed by atoms with Crippen LogP contribution >= 0.6 is 0 Å². The number of fused-ring (bicyclic) bond motifs is 1. The van der Waals surface area contributed by atoms with Crippen molar-refractivity contribution in [2.45, 2.75) is 25.3 Å². The summed E-state index contributed by atoms with van der Waals surface area (Å²) in [5.74, 6) is 0.485. The number of carbonyl (C=O) groups is 1. The molecule has 0 saturated heterocycles. The normalized spacial score (nSPS) is 16.9. The lowest BCUT2D eigenvalue weighted by molar-refractivity contribution is 0.0922. The summed E-state index contributed by atoms with van der Waals surface area (Å²) in [6.45, 7) is 0. The second-order valence-corrected chi connectivity index (χ2v) is 5.39. The summed E-state index contributed by atoms with van der Waals surface area (Å²) < 4.78 is 6.35. The molecule has 7 nitrogen and oxygen atoms in total. The maximum Gasteiger partial charge on any atom is 0.343 e. The van der Waals surface area contributed by atoms with E-state index in [1.165, 1.54) is 12.6 Å². The van der Waals surface area contributed by atoms with E-state index in [0.29, 0.717) is 0 Å². The Bertz CT molecular complexity index is 762. The van der Waals surface area contributed by atoms with Crippen molar-refractivity contribution in [2.24, 2.45) is 7.05 Å². The summed E-state index contributed by atoms with van der Waals surface area (Å²) in [6, 6.07) is 5.81. The predicted octanol–water partition coefficient (Wildman–Crippen LogP) is 0.924. The number of ether oxygens (including phenoxy) is 1. The highest BCUT2D eigenvalue weighted by atomic mass is 16.5. The standard InChI is InChI=1S/C15H18N4O3/c1-19-15(21)17-13(18-19)14(20)16-12-5-3-4-9-8-10(22-2)6-7-11(9)12/h6-8,12H,3-5H2,1-2H3,(H,16,20)(H,17,18,21). The molecule has 0 bridgehead atoms. The number of nitrogens with zero attached hydrogens (tertiary/aromatic N) is 2. The van der Waals surface area contributed by atoms with Gasteiger partial charge >= 0.3 is 5.69 Å². The van der Waals surface area contributed by atoms with E-state index >= 15 is 0 Å². The second-order valence-electron chi connectivity index (χ2n) is 5.39. The largest absolute Gasteiger partial charge is 0.497 e. The average Bonchev–Trinajstić information content (AvgIpc) is 2.86. The number of amides is 1. The Labute approximate surface area is 127 Å². The minimum absolute atomic E-state index is 0.0353. The number of aryl methyl sites for hydroxylation is 2. The van der Waals surface area contributed by atoms with Crippen LogP contribution in [0.25, 0.3) is 0 Å². The third-order valence-electron chi connectivity index (χ3n) is 3.95. The van der Waals surface area contributed by atoms with E-state index in [9.17, 15) is 9.59 Å². The van der Waals surface area contributed by atoms with Gasteiger partial charge in [-0.2, -0.15) is 0 Å². The summed E-state index contributed by atoms with van der Waals surface area (Å²) in [5.41, 5.74) is 1.88. The molecule has 0 saturated carbocycles. The first-order valence-electron chi connectivity index (χ1n) is 7.19. The van der Waals surface area contributed by atoms with Crippen LogP contribution in [0.5, 0.6) is 5.75 Å². The molecule has 22 heavy (non-hydrogen) atoms. The van der Waals surface area contributed by atoms with E-state index < -0.39 is 5.69 Å². The zero-order valence-corrected chi connectivity index (χ0v) is 12.5. The lowest BCUT2D eigenvalue weighted by Gasteiger charge is -2.26. The lowest BCUT2D eigenvalue weighted by Crippen LogP contribution is -2.31. The molecule has 2 N–H and O–H groups in total. The zero-order chi connectivity index (χ0) is 15.7. The SMILES string of the molecule is COc1ccc2c(c1)CCCC2NC(=O)c1nn(C)c(=O)[nH]1. The number of carbonyl (C=O) groups excluding carboxylic acids is 1. The summed E-state index contributed by atoms with van der Waals surface area (Å²) in [7, 11) is 3.14. The molecule has 2 aromatic rings. The summed E-state index contributed by atoms with van der Waals surface area (Å²) in [5, 5.41) is 6.82. The van der Waals surface area contributed by atoms with Crippen LogP contribution in [-0.4, -0.2) is 27.8 Å². The van der Waals surface area contributed by atoms with Gasteiger partial charge in [-0.3, -0.25) is 9.78 Å². The summed E-state index contributed by atoms with van der Waals surface area (Å²) in [4.78, 5) is 26.0. The number of hydrogen-bond acceptors (Lipinski definition) is 4. The molecule has 0 fully saturated rings. The van der Waals surface area contributed by atoms with Crippen LogP contribution in [0.2, 0.25) is 0 Å². The number of rotatable bonds is 3. The van der Waals surface area contributed by atoms with Crippen molar-refractivity contribution in [1.82, 2.24) is 20.1 Å². The van der Waals surface area contributed by atoms with E-state index in [1.54, 1.807) is 7.11 Å². The van der Waals surface area contributed by atoms with Gasteiger partial charge in [0.15, 0.2) is 0 Å². The lowest BCUT2D eigenvalue weighted by atomic mass is 9.87. The Morgan fingerprint density at radius 2 is 2.32 bits per heavy atom. The van der Waals surface area contributed by atoms with E-state index in [-0.39, 0.29) is 17.8 Å². The molecule has 1 heterocycles. The van der Waals surface area contributed by atoms with Gasteiger partial charge < -0.3 is 10.1 Å². The van der Waals surface area contributed by atoms with Crippen molar-refractivity contribution in [3.8, 4) is 5.75 Å². The second kappa shape index (κ2) is 5.67. The Hall–Kier alpha value is -2.57. The van der Waals surface area contributed by atoms with Crippen molar-refractivity contribution in [2.75, 3.05) is 7.11 Å². The zero-order valence-electron chi connectivity index (χ0n) is 12.5. The van der Waals surface area contributed by atoms with Gasteiger partial charge in [0.1, 0.15) is 5.75 Å². The van der Waals surface area contributed by atoms with Gasteiger partial charge in [-0.25, -0.2) is 9.48 Å². The molecule has 1 aliphatic rings. The highest BCUT2D eigenvalue weighted by Gasteiger charge is 2.24. The monoisotopic (exact) mass is 302 g/mol. The minimum atomic E-state index is -0.404. The summed E-state index contributed by atoms with van der Waals surface area (Å²) >= 11 is 0. The van der Waals surface area contributed by atoms with Crippen molar-refractivity contribution in [3.63, 3.8) is 0 Å². The molecule has 1 atom stereocenters. The topological polar surface area (TPSA) is 89.0 Å². The van der Waals surface area contributed by atoms with Crippen LogP contribution in [-0.2, 0) is 13.5 Å². The van der Waals surface area contributed by atoms with Gasteiger partial charge in [0.25, 0.3) is 5.91 Å². The highest BCUT2D eigenvalue weighted by molar-refractivity contribution is 5.90. The molecule has 1 aromatic heterocycles. The highest BCUT2D eigenvalue weighted by Crippen LogP contribution is 2.32. The molecule has 1 unspecified atom stereocenters. The van der Waals surface area contributed by atoms with E-state index in [2.05, 4.69) is 15.4 Å². The van der Waals surface area contributed by atoms with Crippen LogP contribution in [0.3, 0.4) is 0 Å². The van der Waals surface area contributed by atoms with Crippen molar-refractivity contribution < 1.29 is 9.53 Å². The Morgan fingerprint density at radius 3 is 3.00 bits per heavy atom. The van der Waals surface area contributed by atoms with Crippen LogP contribution in [0.1, 0.15) is 40.6 Å².